The quantitative estimate of drug-likeness (QED) is 0.532. The predicted octanol–water partition coefficient (Wildman–Crippen LogP) is 4.29. The third-order valence-corrected chi connectivity index (χ3v) is 4.00. The second-order valence-electron chi connectivity index (χ2n) is 5.70. The van der Waals surface area contributed by atoms with Crippen molar-refractivity contribution in [3.63, 3.8) is 0 Å². The van der Waals surface area contributed by atoms with Crippen LogP contribution in [0.4, 0.5) is 0 Å². The van der Waals surface area contributed by atoms with E-state index in [1.54, 1.807) is 17.5 Å². The smallest absolute Gasteiger partial charge is 0.340 e. The summed E-state index contributed by atoms with van der Waals surface area (Å²) in [4.78, 5) is 25.0. The molecule has 2 aromatic heterocycles. The van der Waals surface area contributed by atoms with Gasteiger partial charge in [0, 0.05) is 18.7 Å². The Kier molecular flexibility index (Phi) is 4.21. The van der Waals surface area contributed by atoms with Gasteiger partial charge in [-0.2, -0.15) is 0 Å². The van der Waals surface area contributed by atoms with E-state index in [1.807, 2.05) is 49.4 Å². The van der Waals surface area contributed by atoms with Crippen LogP contribution >= 0.6 is 0 Å². The van der Waals surface area contributed by atoms with Crippen molar-refractivity contribution >= 4 is 17.3 Å². The van der Waals surface area contributed by atoms with Crippen LogP contribution in [0, 0.1) is 6.92 Å². The Labute approximate surface area is 140 Å². The molecular weight excluding hydrogens is 302 g/mol. The number of hydrogen-bond acceptors (Lipinski definition) is 3. The van der Waals surface area contributed by atoms with E-state index < -0.39 is 5.97 Å². The van der Waals surface area contributed by atoms with E-state index in [0.717, 1.165) is 11.1 Å². The molecule has 0 spiro atoms. The molecule has 3 rings (SSSR count). The highest BCUT2D eigenvalue weighted by Crippen LogP contribution is 2.34. The van der Waals surface area contributed by atoms with Crippen LogP contribution in [0.15, 0.2) is 48.7 Å². The Morgan fingerprint density at radius 1 is 1.08 bits per heavy atom. The van der Waals surface area contributed by atoms with E-state index in [4.69, 9.17) is 4.74 Å². The molecule has 0 aliphatic rings. The van der Waals surface area contributed by atoms with Crippen molar-refractivity contribution in [1.29, 1.82) is 0 Å². The van der Waals surface area contributed by atoms with Crippen molar-refractivity contribution in [2.75, 3.05) is 6.61 Å². The van der Waals surface area contributed by atoms with Crippen molar-refractivity contribution in [1.82, 2.24) is 4.40 Å². The molecule has 0 aliphatic carbocycles. The number of ether oxygens (including phenoxy) is 1. The van der Waals surface area contributed by atoms with Crippen LogP contribution in [0.25, 0.3) is 16.6 Å². The number of carbonyl (C=O) groups is 2. The number of nitrogens with zero attached hydrogens (tertiary/aromatic N) is 1. The topological polar surface area (TPSA) is 47.8 Å². The first-order chi connectivity index (χ1) is 11.5. The molecule has 2 heterocycles. The molecule has 1 aromatic carbocycles. The summed E-state index contributed by atoms with van der Waals surface area (Å²) < 4.78 is 7.02. The summed E-state index contributed by atoms with van der Waals surface area (Å²) in [5.41, 5.74) is 4.19. The summed E-state index contributed by atoms with van der Waals surface area (Å²) >= 11 is 0. The standard InChI is InChI=1S/C20H19NO3/c1-4-24-20(23)18-16-7-5-6-12-21(16)19(14(3)22)17(18)15-10-8-13(2)9-11-15/h5-12H,4H2,1-3H3. The maximum absolute atomic E-state index is 12.6. The molecule has 0 saturated heterocycles. The van der Waals surface area contributed by atoms with Gasteiger partial charge in [0.2, 0.25) is 0 Å². The molecule has 0 amide bonds. The first-order valence-corrected chi connectivity index (χ1v) is 7.92. The first kappa shape index (κ1) is 16.0. The van der Waals surface area contributed by atoms with Gasteiger partial charge in [-0.1, -0.05) is 35.9 Å². The number of esters is 1. The molecule has 0 N–H and O–H groups in total. The molecule has 0 aliphatic heterocycles. The number of hydrogen-bond donors (Lipinski definition) is 0. The maximum atomic E-state index is 12.6. The van der Waals surface area contributed by atoms with E-state index in [1.165, 1.54) is 6.92 Å². The van der Waals surface area contributed by atoms with Gasteiger partial charge in [-0.3, -0.25) is 4.79 Å². The zero-order valence-electron chi connectivity index (χ0n) is 14.0. The van der Waals surface area contributed by atoms with Gasteiger partial charge in [0.25, 0.3) is 0 Å². The number of aryl methyl sites for hydroxylation is 1. The first-order valence-electron chi connectivity index (χ1n) is 7.92. The van der Waals surface area contributed by atoms with E-state index in [2.05, 4.69) is 0 Å². The Balaban J connectivity index is 2.41. The minimum atomic E-state index is -0.413. The Morgan fingerprint density at radius 3 is 2.42 bits per heavy atom. The SMILES string of the molecule is CCOC(=O)c1c(-c2ccc(C)cc2)c(C(C)=O)n2ccccc12. The number of aromatic nitrogens is 1. The fraction of sp³-hybridized carbons (Fsp3) is 0.200. The molecule has 0 unspecified atom stereocenters. The second-order valence-corrected chi connectivity index (χ2v) is 5.70. The molecule has 4 nitrogen and oxygen atoms in total. The zero-order chi connectivity index (χ0) is 17.3. The van der Waals surface area contributed by atoms with E-state index in [9.17, 15) is 9.59 Å². The van der Waals surface area contributed by atoms with Crippen molar-refractivity contribution in [3.8, 4) is 11.1 Å². The third kappa shape index (κ3) is 2.60. The number of carbonyl (C=O) groups excluding carboxylic acids is 2. The highest BCUT2D eigenvalue weighted by Gasteiger charge is 2.27. The van der Waals surface area contributed by atoms with Gasteiger partial charge in [-0.15, -0.1) is 0 Å². The summed E-state index contributed by atoms with van der Waals surface area (Å²) in [6.07, 6.45) is 1.80. The fourth-order valence-electron chi connectivity index (χ4n) is 2.97. The van der Waals surface area contributed by atoms with Crippen molar-refractivity contribution in [3.05, 3.63) is 65.5 Å². The van der Waals surface area contributed by atoms with Gasteiger partial charge in [-0.05, 0) is 31.5 Å². The van der Waals surface area contributed by atoms with Crippen molar-refractivity contribution < 1.29 is 14.3 Å². The van der Waals surface area contributed by atoms with Gasteiger partial charge in [0.1, 0.15) is 0 Å². The molecular formula is C20H19NO3. The molecule has 122 valence electrons. The number of fused-ring (bicyclic) bond motifs is 1. The lowest BCUT2D eigenvalue weighted by atomic mass is 9.98. The normalized spacial score (nSPS) is 10.8. The predicted molar refractivity (Wildman–Crippen MR) is 93.5 cm³/mol. The lowest BCUT2D eigenvalue weighted by Crippen LogP contribution is -2.06. The number of rotatable bonds is 4. The van der Waals surface area contributed by atoms with Crippen molar-refractivity contribution in [2.24, 2.45) is 0 Å². The largest absolute Gasteiger partial charge is 0.462 e. The molecule has 4 heteroatoms. The van der Waals surface area contributed by atoms with Gasteiger partial charge >= 0.3 is 5.97 Å². The lowest BCUT2D eigenvalue weighted by molar-refractivity contribution is 0.0529. The van der Waals surface area contributed by atoms with Gasteiger partial charge in [0.15, 0.2) is 5.78 Å². The summed E-state index contributed by atoms with van der Waals surface area (Å²) in [6.45, 7) is 5.57. The highest BCUT2D eigenvalue weighted by molar-refractivity contribution is 6.12. The van der Waals surface area contributed by atoms with Gasteiger partial charge in [-0.25, -0.2) is 4.79 Å². The monoisotopic (exact) mass is 321 g/mol. The van der Waals surface area contributed by atoms with Gasteiger partial charge in [0.05, 0.1) is 23.4 Å². The van der Waals surface area contributed by atoms with Gasteiger partial charge < -0.3 is 9.14 Å². The molecule has 24 heavy (non-hydrogen) atoms. The highest BCUT2D eigenvalue weighted by atomic mass is 16.5. The lowest BCUT2D eigenvalue weighted by Gasteiger charge is -2.07. The van der Waals surface area contributed by atoms with Crippen LogP contribution in [0.2, 0.25) is 0 Å². The average Bonchev–Trinajstić information content (AvgIpc) is 2.91. The molecule has 3 aromatic rings. The third-order valence-electron chi connectivity index (χ3n) is 4.00. The van der Waals surface area contributed by atoms with Crippen LogP contribution in [0.3, 0.4) is 0 Å². The molecule has 0 radical (unpaired) electrons. The number of pyridine rings is 1. The number of ketones is 1. The Hall–Kier alpha value is -2.88. The van der Waals surface area contributed by atoms with Crippen LogP contribution in [-0.2, 0) is 4.74 Å². The van der Waals surface area contributed by atoms with E-state index in [0.29, 0.717) is 22.3 Å². The minimum Gasteiger partial charge on any atom is -0.462 e. The molecule has 0 fully saturated rings. The number of benzene rings is 1. The fourth-order valence-corrected chi connectivity index (χ4v) is 2.97. The van der Waals surface area contributed by atoms with Crippen LogP contribution in [0.1, 0.15) is 40.3 Å². The molecule has 0 bridgehead atoms. The number of Topliss-reactive ketones (excluding diaryl/α,β-unsaturated/α-hetero) is 1. The average molecular weight is 321 g/mol. The van der Waals surface area contributed by atoms with E-state index in [-0.39, 0.29) is 12.4 Å². The maximum Gasteiger partial charge on any atom is 0.340 e. The minimum absolute atomic E-state index is 0.0951. The van der Waals surface area contributed by atoms with Crippen LogP contribution in [-0.4, -0.2) is 22.8 Å². The van der Waals surface area contributed by atoms with Crippen LogP contribution in [0.5, 0.6) is 0 Å². The van der Waals surface area contributed by atoms with Crippen molar-refractivity contribution in [2.45, 2.75) is 20.8 Å². The summed E-state index contributed by atoms with van der Waals surface area (Å²) in [5, 5.41) is 0. The summed E-state index contributed by atoms with van der Waals surface area (Å²) in [6, 6.07) is 13.3. The zero-order valence-corrected chi connectivity index (χ0v) is 14.0. The molecule has 0 atom stereocenters. The second kappa shape index (κ2) is 6.32. The van der Waals surface area contributed by atoms with E-state index >= 15 is 0 Å². The Bertz CT molecular complexity index is 920. The molecule has 0 saturated carbocycles. The summed E-state index contributed by atoms with van der Waals surface area (Å²) in [7, 11) is 0. The summed E-state index contributed by atoms with van der Waals surface area (Å²) in [5.74, 6) is -0.508. The van der Waals surface area contributed by atoms with Crippen LogP contribution < -0.4 is 0 Å². The Morgan fingerprint density at radius 2 is 1.79 bits per heavy atom.